The Hall–Kier alpha value is -1.10. The van der Waals surface area contributed by atoms with E-state index in [0.29, 0.717) is 31.3 Å². The second kappa shape index (κ2) is 7.78. The molecule has 0 aromatic rings. The van der Waals surface area contributed by atoms with Crippen LogP contribution in [0.15, 0.2) is 0 Å². The second-order valence-electron chi connectivity index (χ2n) is 6.55. The Morgan fingerprint density at radius 3 is 2.48 bits per heavy atom. The molecule has 2 rings (SSSR count). The molecule has 2 saturated carbocycles. The van der Waals surface area contributed by atoms with Crippen LogP contribution in [0.25, 0.3) is 0 Å². The summed E-state index contributed by atoms with van der Waals surface area (Å²) >= 11 is 0. The topological polar surface area (TPSA) is 75.6 Å². The third-order valence-electron chi connectivity index (χ3n) is 4.98. The van der Waals surface area contributed by atoms with Gasteiger partial charge >= 0.3 is 5.97 Å². The minimum Gasteiger partial charge on any atom is -0.481 e. The zero-order valence-corrected chi connectivity index (χ0v) is 12.8. The fourth-order valence-corrected chi connectivity index (χ4v) is 3.67. The maximum atomic E-state index is 12.1. The van der Waals surface area contributed by atoms with Crippen molar-refractivity contribution in [3.8, 4) is 0 Å². The number of aliphatic carboxylic acids is 1. The number of carboxylic acids is 1. The molecule has 0 aromatic carbocycles. The van der Waals surface area contributed by atoms with Crippen LogP contribution in [0.4, 0.5) is 0 Å². The number of amides is 1. The molecule has 21 heavy (non-hydrogen) atoms. The molecule has 2 aliphatic rings. The van der Waals surface area contributed by atoms with Crippen LogP contribution < -0.4 is 5.32 Å². The van der Waals surface area contributed by atoms with Crippen molar-refractivity contribution in [3.05, 3.63) is 0 Å². The van der Waals surface area contributed by atoms with Gasteiger partial charge < -0.3 is 15.2 Å². The monoisotopic (exact) mass is 297 g/mol. The van der Waals surface area contributed by atoms with Crippen molar-refractivity contribution in [2.45, 2.75) is 69.9 Å². The highest BCUT2D eigenvalue weighted by atomic mass is 16.5. The van der Waals surface area contributed by atoms with Crippen molar-refractivity contribution in [2.24, 2.45) is 11.8 Å². The lowest BCUT2D eigenvalue weighted by Gasteiger charge is -2.30. The highest BCUT2D eigenvalue weighted by Gasteiger charge is 2.28. The molecule has 5 nitrogen and oxygen atoms in total. The smallest absolute Gasteiger partial charge is 0.306 e. The quantitative estimate of drug-likeness (QED) is 0.816. The van der Waals surface area contributed by atoms with Gasteiger partial charge in [0, 0.05) is 19.6 Å². The van der Waals surface area contributed by atoms with Gasteiger partial charge in [0.05, 0.1) is 12.0 Å². The van der Waals surface area contributed by atoms with Gasteiger partial charge in [-0.3, -0.25) is 9.59 Å². The zero-order chi connectivity index (χ0) is 15.2. The average molecular weight is 297 g/mol. The number of carbonyl (C=O) groups is 2. The van der Waals surface area contributed by atoms with Gasteiger partial charge in [-0.05, 0) is 50.9 Å². The summed E-state index contributed by atoms with van der Waals surface area (Å²) in [5.41, 5.74) is 0. The predicted octanol–water partition coefficient (Wildman–Crippen LogP) is 2.34. The van der Waals surface area contributed by atoms with Crippen LogP contribution in [0.3, 0.4) is 0 Å². The first-order valence-electron chi connectivity index (χ1n) is 8.13. The highest BCUT2D eigenvalue weighted by molar-refractivity contribution is 5.76. The van der Waals surface area contributed by atoms with Crippen molar-refractivity contribution < 1.29 is 19.4 Å². The molecule has 2 aliphatic carbocycles. The van der Waals surface area contributed by atoms with Gasteiger partial charge in [-0.15, -0.1) is 0 Å². The van der Waals surface area contributed by atoms with E-state index < -0.39 is 5.97 Å². The summed E-state index contributed by atoms with van der Waals surface area (Å²) in [6, 6.07) is 0.162. The standard InChI is InChI=1S/C16H27NO4/c1-21-14-4-2-3-11(9-14)10-15(18)17-13-7-5-12(6-8-13)16(19)20/h11-14H,2-10H2,1H3,(H,17,18)(H,19,20). The number of methoxy groups -OCH3 is 1. The van der Waals surface area contributed by atoms with Gasteiger partial charge in [0.1, 0.15) is 0 Å². The molecule has 2 atom stereocenters. The molecule has 2 N–H and O–H groups in total. The minimum absolute atomic E-state index is 0.121. The largest absolute Gasteiger partial charge is 0.481 e. The summed E-state index contributed by atoms with van der Waals surface area (Å²) < 4.78 is 5.40. The lowest BCUT2D eigenvalue weighted by Crippen LogP contribution is -2.39. The number of nitrogens with one attached hydrogen (secondary N) is 1. The van der Waals surface area contributed by atoms with E-state index in [1.54, 1.807) is 7.11 Å². The molecular formula is C16H27NO4. The van der Waals surface area contributed by atoms with E-state index in [2.05, 4.69) is 5.32 Å². The van der Waals surface area contributed by atoms with Crippen LogP contribution >= 0.6 is 0 Å². The molecule has 0 heterocycles. The molecule has 0 radical (unpaired) electrons. The number of rotatable bonds is 5. The van der Waals surface area contributed by atoms with E-state index in [1.807, 2.05) is 0 Å². The van der Waals surface area contributed by atoms with Gasteiger partial charge in [0.15, 0.2) is 0 Å². The molecule has 1 amide bonds. The van der Waals surface area contributed by atoms with E-state index in [-0.39, 0.29) is 17.9 Å². The molecule has 2 unspecified atom stereocenters. The van der Waals surface area contributed by atoms with Crippen LogP contribution in [0.1, 0.15) is 57.8 Å². The van der Waals surface area contributed by atoms with Crippen LogP contribution in [-0.2, 0) is 14.3 Å². The third kappa shape index (κ3) is 4.99. The summed E-state index contributed by atoms with van der Waals surface area (Å²) in [6.07, 6.45) is 8.15. The van der Waals surface area contributed by atoms with E-state index >= 15 is 0 Å². The number of hydrogen-bond acceptors (Lipinski definition) is 3. The molecule has 0 bridgehead atoms. The number of hydrogen-bond donors (Lipinski definition) is 2. The predicted molar refractivity (Wildman–Crippen MR) is 78.9 cm³/mol. The number of carbonyl (C=O) groups excluding carboxylic acids is 1. The molecule has 0 saturated heterocycles. The highest BCUT2D eigenvalue weighted by Crippen LogP contribution is 2.29. The lowest BCUT2D eigenvalue weighted by atomic mass is 9.84. The Morgan fingerprint density at radius 1 is 1.14 bits per heavy atom. The first-order valence-corrected chi connectivity index (χ1v) is 8.13. The Morgan fingerprint density at radius 2 is 1.86 bits per heavy atom. The first-order chi connectivity index (χ1) is 10.1. The van der Waals surface area contributed by atoms with Gasteiger partial charge in [-0.1, -0.05) is 6.42 Å². The summed E-state index contributed by atoms with van der Waals surface area (Å²) in [4.78, 5) is 23.0. The second-order valence-corrected chi connectivity index (χ2v) is 6.55. The summed E-state index contributed by atoms with van der Waals surface area (Å²) in [7, 11) is 1.74. The minimum atomic E-state index is -0.701. The lowest BCUT2D eigenvalue weighted by molar-refractivity contribution is -0.142. The van der Waals surface area contributed by atoms with Crippen molar-refractivity contribution in [3.63, 3.8) is 0 Å². The van der Waals surface area contributed by atoms with Crippen molar-refractivity contribution in [1.82, 2.24) is 5.32 Å². The Labute approximate surface area is 126 Å². The Bertz CT molecular complexity index is 363. The fourth-order valence-electron chi connectivity index (χ4n) is 3.67. The third-order valence-corrected chi connectivity index (χ3v) is 4.98. The number of carboxylic acid groups (broad SMARTS) is 1. The Balaban J connectivity index is 1.69. The summed E-state index contributed by atoms with van der Waals surface area (Å²) in [6.45, 7) is 0. The summed E-state index contributed by atoms with van der Waals surface area (Å²) in [5.74, 6) is -0.374. The van der Waals surface area contributed by atoms with Gasteiger partial charge in [-0.25, -0.2) is 0 Å². The molecular weight excluding hydrogens is 270 g/mol. The summed E-state index contributed by atoms with van der Waals surface area (Å²) in [5, 5.41) is 12.1. The molecule has 120 valence electrons. The molecule has 0 aliphatic heterocycles. The van der Waals surface area contributed by atoms with Gasteiger partial charge in [0.25, 0.3) is 0 Å². The molecule has 5 heteroatoms. The maximum absolute atomic E-state index is 12.1. The van der Waals surface area contributed by atoms with E-state index in [0.717, 1.165) is 38.5 Å². The van der Waals surface area contributed by atoms with Crippen molar-refractivity contribution >= 4 is 11.9 Å². The zero-order valence-electron chi connectivity index (χ0n) is 12.8. The first kappa shape index (κ1) is 16.3. The fraction of sp³-hybridized carbons (Fsp3) is 0.875. The van der Waals surface area contributed by atoms with Crippen molar-refractivity contribution in [1.29, 1.82) is 0 Å². The van der Waals surface area contributed by atoms with Crippen LogP contribution in [-0.4, -0.2) is 36.2 Å². The van der Waals surface area contributed by atoms with E-state index in [4.69, 9.17) is 9.84 Å². The van der Waals surface area contributed by atoms with Crippen LogP contribution in [0.5, 0.6) is 0 Å². The van der Waals surface area contributed by atoms with Crippen LogP contribution in [0, 0.1) is 11.8 Å². The van der Waals surface area contributed by atoms with Crippen LogP contribution in [0.2, 0.25) is 0 Å². The van der Waals surface area contributed by atoms with Crippen molar-refractivity contribution in [2.75, 3.05) is 7.11 Å². The number of ether oxygens (including phenoxy) is 1. The maximum Gasteiger partial charge on any atom is 0.306 e. The van der Waals surface area contributed by atoms with Gasteiger partial charge in [-0.2, -0.15) is 0 Å². The molecule has 0 spiro atoms. The van der Waals surface area contributed by atoms with Gasteiger partial charge in [0.2, 0.25) is 5.91 Å². The SMILES string of the molecule is COC1CCCC(CC(=O)NC2CCC(C(=O)O)CC2)C1. The average Bonchev–Trinajstić information content (AvgIpc) is 2.47. The molecule has 2 fully saturated rings. The van der Waals surface area contributed by atoms with E-state index in [9.17, 15) is 9.59 Å². The van der Waals surface area contributed by atoms with E-state index in [1.165, 1.54) is 0 Å². The normalized spacial score (nSPS) is 33.4. The Kier molecular flexibility index (Phi) is 6.03. The molecule has 0 aromatic heterocycles.